The van der Waals surface area contributed by atoms with Gasteiger partial charge in [-0.05, 0) is 38.2 Å². The van der Waals surface area contributed by atoms with Gasteiger partial charge in [0, 0.05) is 6.54 Å². The lowest BCUT2D eigenvalue weighted by atomic mass is 10.1. The average molecular weight is 353 g/mol. The first-order valence-electron chi connectivity index (χ1n) is 8.50. The molecule has 0 saturated carbocycles. The van der Waals surface area contributed by atoms with Gasteiger partial charge in [0.05, 0.1) is 25.5 Å². The fourth-order valence-electron chi connectivity index (χ4n) is 3.06. The second-order valence-electron chi connectivity index (χ2n) is 5.71. The van der Waals surface area contributed by atoms with Crippen LogP contribution in [0.25, 0.3) is 0 Å². The molecule has 1 unspecified atom stereocenters. The zero-order valence-corrected chi connectivity index (χ0v) is 15.9. The van der Waals surface area contributed by atoms with Crippen LogP contribution in [0.15, 0.2) is 18.2 Å². The highest BCUT2D eigenvalue weighted by Crippen LogP contribution is 2.46. The summed E-state index contributed by atoms with van der Waals surface area (Å²) in [6.45, 7) is 8.20. The molecule has 5 nitrogen and oxygen atoms in total. The van der Waals surface area contributed by atoms with Gasteiger partial charge in [-0.25, -0.2) is 0 Å². The van der Waals surface area contributed by atoms with E-state index in [0.29, 0.717) is 5.75 Å². The standard InChI is InChI=1S/C18H28N2O3S/c1-5-19(6-2)11-8-12-20-16(21)13-24-18(20)17-14(22-3)9-7-10-15(17)23-4/h7,9-10,18H,5-6,8,11-13H2,1-4H3. The molecular weight excluding hydrogens is 324 g/mol. The molecule has 0 aromatic heterocycles. The Labute approximate surface area is 149 Å². The summed E-state index contributed by atoms with van der Waals surface area (Å²) in [7, 11) is 3.31. The Morgan fingerprint density at radius 2 is 1.83 bits per heavy atom. The van der Waals surface area contributed by atoms with E-state index in [1.54, 1.807) is 26.0 Å². The number of hydrogen-bond acceptors (Lipinski definition) is 5. The number of hydrogen-bond donors (Lipinski definition) is 0. The highest BCUT2D eigenvalue weighted by atomic mass is 32.2. The molecule has 1 aromatic rings. The van der Waals surface area contributed by atoms with Crippen molar-refractivity contribution in [3.8, 4) is 11.5 Å². The molecule has 0 N–H and O–H groups in total. The first-order chi connectivity index (χ1) is 11.7. The molecule has 1 saturated heterocycles. The van der Waals surface area contributed by atoms with Gasteiger partial charge >= 0.3 is 0 Å². The van der Waals surface area contributed by atoms with E-state index in [0.717, 1.165) is 49.7 Å². The molecule has 1 fully saturated rings. The minimum Gasteiger partial charge on any atom is -0.496 e. The number of rotatable bonds is 9. The maximum absolute atomic E-state index is 12.4. The minimum atomic E-state index is -0.0414. The van der Waals surface area contributed by atoms with Crippen molar-refractivity contribution in [1.82, 2.24) is 9.80 Å². The lowest BCUT2D eigenvalue weighted by molar-refractivity contribution is -0.128. The minimum absolute atomic E-state index is 0.0414. The quantitative estimate of drug-likeness (QED) is 0.683. The van der Waals surface area contributed by atoms with Crippen molar-refractivity contribution in [2.75, 3.05) is 46.2 Å². The third-order valence-electron chi connectivity index (χ3n) is 4.45. The van der Waals surface area contributed by atoms with E-state index in [1.165, 1.54) is 0 Å². The Morgan fingerprint density at radius 3 is 2.38 bits per heavy atom. The van der Waals surface area contributed by atoms with Gasteiger partial charge in [-0.1, -0.05) is 19.9 Å². The summed E-state index contributed by atoms with van der Waals surface area (Å²) < 4.78 is 11.0. The Balaban J connectivity index is 2.16. The molecule has 6 heteroatoms. The van der Waals surface area contributed by atoms with Crippen molar-refractivity contribution in [3.63, 3.8) is 0 Å². The van der Waals surface area contributed by atoms with Crippen LogP contribution in [0.3, 0.4) is 0 Å². The van der Waals surface area contributed by atoms with Gasteiger partial charge in [-0.3, -0.25) is 4.79 Å². The largest absolute Gasteiger partial charge is 0.496 e. The first kappa shape index (κ1) is 18.9. The van der Waals surface area contributed by atoms with Gasteiger partial charge in [-0.15, -0.1) is 11.8 Å². The second-order valence-corrected chi connectivity index (χ2v) is 6.78. The molecule has 0 aliphatic carbocycles. The summed E-state index contributed by atoms with van der Waals surface area (Å²) in [6.07, 6.45) is 0.974. The van der Waals surface area contributed by atoms with Gasteiger partial charge in [0.25, 0.3) is 0 Å². The van der Waals surface area contributed by atoms with Crippen LogP contribution in [0.2, 0.25) is 0 Å². The molecule has 0 radical (unpaired) electrons. The van der Waals surface area contributed by atoms with Crippen molar-refractivity contribution < 1.29 is 14.3 Å². The smallest absolute Gasteiger partial charge is 0.233 e. The lowest BCUT2D eigenvalue weighted by Gasteiger charge is -2.28. The highest BCUT2D eigenvalue weighted by molar-refractivity contribution is 8.00. The molecule has 1 aliphatic heterocycles. The molecule has 1 amide bonds. The van der Waals surface area contributed by atoms with Crippen LogP contribution in [0.4, 0.5) is 0 Å². The Bertz CT molecular complexity index is 527. The molecule has 24 heavy (non-hydrogen) atoms. The summed E-state index contributed by atoms with van der Waals surface area (Å²) in [4.78, 5) is 16.7. The van der Waals surface area contributed by atoms with E-state index in [-0.39, 0.29) is 11.3 Å². The summed E-state index contributed by atoms with van der Waals surface area (Å²) in [5, 5.41) is -0.0414. The van der Waals surface area contributed by atoms with E-state index in [9.17, 15) is 4.79 Å². The van der Waals surface area contributed by atoms with Crippen LogP contribution >= 0.6 is 11.8 Å². The first-order valence-corrected chi connectivity index (χ1v) is 9.55. The van der Waals surface area contributed by atoms with E-state index in [1.807, 2.05) is 23.1 Å². The van der Waals surface area contributed by atoms with Gasteiger partial charge in [0.1, 0.15) is 16.9 Å². The molecule has 134 valence electrons. The highest BCUT2D eigenvalue weighted by Gasteiger charge is 2.36. The number of amides is 1. The van der Waals surface area contributed by atoms with E-state index >= 15 is 0 Å². The summed E-state index contributed by atoms with van der Waals surface area (Å²) in [6, 6.07) is 5.76. The molecule has 1 heterocycles. The predicted octanol–water partition coefficient (Wildman–Crippen LogP) is 3.01. The van der Waals surface area contributed by atoms with Gasteiger partial charge in [-0.2, -0.15) is 0 Å². The number of methoxy groups -OCH3 is 2. The monoisotopic (exact) mass is 352 g/mol. The lowest BCUT2D eigenvalue weighted by Crippen LogP contribution is -2.32. The molecule has 1 atom stereocenters. The molecule has 2 rings (SSSR count). The van der Waals surface area contributed by atoms with Crippen LogP contribution in [0.1, 0.15) is 31.2 Å². The van der Waals surface area contributed by atoms with Crippen molar-refractivity contribution in [3.05, 3.63) is 23.8 Å². The fraction of sp³-hybridized carbons (Fsp3) is 0.611. The van der Waals surface area contributed by atoms with Crippen LogP contribution in [-0.2, 0) is 4.79 Å². The fourth-order valence-corrected chi connectivity index (χ4v) is 4.33. The van der Waals surface area contributed by atoms with Gasteiger partial charge in [0.15, 0.2) is 0 Å². The Kier molecular flexibility index (Phi) is 7.24. The number of ether oxygens (including phenoxy) is 2. The van der Waals surface area contributed by atoms with Crippen molar-refractivity contribution in [2.45, 2.75) is 25.6 Å². The predicted molar refractivity (Wildman–Crippen MR) is 98.9 cm³/mol. The van der Waals surface area contributed by atoms with Crippen molar-refractivity contribution in [2.24, 2.45) is 0 Å². The van der Waals surface area contributed by atoms with Crippen LogP contribution in [-0.4, -0.2) is 61.9 Å². The van der Waals surface area contributed by atoms with Crippen molar-refractivity contribution >= 4 is 17.7 Å². The van der Waals surface area contributed by atoms with Crippen molar-refractivity contribution in [1.29, 1.82) is 0 Å². The number of carbonyl (C=O) groups is 1. The molecule has 1 aliphatic rings. The number of benzene rings is 1. The Hall–Kier alpha value is -1.40. The summed E-state index contributed by atoms with van der Waals surface area (Å²) in [5.74, 6) is 2.25. The normalized spacial score (nSPS) is 17.6. The van der Waals surface area contributed by atoms with E-state index in [2.05, 4.69) is 18.7 Å². The molecular formula is C18H28N2O3S. The average Bonchev–Trinajstić information content (AvgIpc) is 2.98. The van der Waals surface area contributed by atoms with Gasteiger partial charge in [0.2, 0.25) is 5.91 Å². The second kappa shape index (κ2) is 9.18. The van der Waals surface area contributed by atoms with Crippen LogP contribution in [0, 0.1) is 0 Å². The number of thioether (sulfide) groups is 1. The topological polar surface area (TPSA) is 42.0 Å². The zero-order chi connectivity index (χ0) is 17.5. The molecule has 0 bridgehead atoms. The third kappa shape index (κ3) is 4.16. The molecule has 1 aromatic carbocycles. The third-order valence-corrected chi connectivity index (χ3v) is 5.67. The summed E-state index contributed by atoms with van der Waals surface area (Å²) in [5.41, 5.74) is 0.959. The maximum atomic E-state index is 12.4. The van der Waals surface area contributed by atoms with E-state index in [4.69, 9.17) is 9.47 Å². The van der Waals surface area contributed by atoms with Crippen LogP contribution < -0.4 is 9.47 Å². The van der Waals surface area contributed by atoms with E-state index < -0.39 is 0 Å². The zero-order valence-electron chi connectivity index (χ0n) is 15.1. The van der Waals surface area contributed by atoms with Gasteiger partial charge < -0.3 is 19.3 Å². The molecule has 0 spiro atoms. The Morgan fingerprint density at radius 1 is 1.21 bits per heavy atom. The maximum Gasteiger partial charge on any atom is 0.233 e. The number of nitrogens with zero attached hydrogens (tertiary/aromatic N) is 2. The SMILES string of the molecule is CCN(CC)CCCN1C(=O)CSC1c1c(OC)cccc1OC. The number of carbonyl (C=O) groups excluding carboxylic acids is 1. The summed E-state index contributed by atoms with van der Waals surface area (Å²) >= 11 is 1.64. The van der Waals surface area contributed by atoms with Crippen LogP contribution in [0.5, 0.6) is 11.5 Å².